The number of rotatable bonds is 4. The van der Waals surface area contributed by atoms with Crippen molar-refractivity contribution in [3.05, 3.63) is 35.4 Å². The largest absolute Gasteiger partial charge is 0.390 e. The summed E-state index contributed by atoms with van der Waals surface area (Å²) in [5, 5.41) is 10.5. The van der Waals surface area contributed by atoms with Crippen LogP contribution >= 0.6 is 0 Å². The number of nitrogens with zero attached hydrogens (tertiary/aromatic N) is 2. The molecular formula is C21H28N2O3. The molecule has 140 valence electrons. The first-order chi connectivity index (χ1) is 12.6. The van der Waals surface area contributed by atoms with E-state index in [-0.39, 0.29) is 18.4 Å². The van der Waals surface area contributed by atoms with Gasteiger partial charge in [-0.05, 0) is 30.4 Å². The van der Waals surface area contributed by atoms with Crippen molar-refractivity contribution in [1.29, 1.82) is 0 Å². The molecular weight excluding hydrogens is 328 g/mol. The van der Waals surface area contributed by atoms with Crippen LogP contribution in [0.5, 0.6) is 0 Å². The normalized spacial score (nSPS) is 24.1. The molecule has 1 aromatic carbocycles. The number of hydrogen-bond donors (Lipinski definition) is 1. The number of hydrogen-bond acceptors (Lipinski definition) is 4. The molecule has 0 radical (unpaired) electrons. The van der Waals surface area contributed by atoms with Crippen LogP contribution in [0.25, 0.3) is 0 Å². The fraction of sp³-hybridized carbons (Fsp3) is 0.619. The van der Waals surface area contributed by atoms with Gasteiger partial charge in [-0.3, -0.25) is 19.4 Å². The lowest BCUT2D eigenvalue weighted by molar-refractivity contribution is -0.144. The van der Waals surface area contributed by atoms with Gasteiger partial charge in [0.1, 0.15) is 0 Å². The van der Waals surface area contributed by atoms with Gasteiger partial charge in [-0.25, -0.2) is 0 Å². The van der Waals surface area contributed by atoms with Crippen LogP contribution in [0.2, 0.25) is 0 Å². The quantitative estimate of drug-likeness (QED) is 0.840. The summed E-state index contributed by atoms with van der Waals surface area (Å²) in [6.45, 7) is 2.36. The first-order valence-corrected chi connectivity index (χ1v) is 9.89. The molecule has 5 nitrogen and oxygen atoms in total. The van der Waals surface area contributed by atoms with E-state index < -0.39 is 11.5 Å². The molecule has 2 aliphatic heterocycles. The number of carbonyl (C=O) groups excluding carboxylic acids is 2. The van der Waals surface area contributed by atoms with E-state index in [1.807, 2.05) is 6.07 Å². The summed E-state index contributed by atoms with van der Waals surface area (Å²) >= 11 is 0. The van der Waals surface area contributed by atoms with Crippen molar-refractivity contribution in [2.75, 3.05) is 19.6 Å². The molecule has 0 bridgehead atoms. The van der Waals surface area contributed by atoms with Gasteiger partial charge in [0.2, 0.25) is 11.8 Å². The highest BCUT2D eigenvalue weighted by atomic mass is 16.3. The number of β-amino-alcohol motifs (C(OH)–C–C–N with tert-alkyl or cyclic N) is 1. The Morgan fingerprint density at radius 1 is 1.04 bits per heavy atom. The van der Waals surface area contributed by atoms with Gasteiger partial charge in [-0.1, -0.05) is 43.5 Å². The Labute approximate surface area is 155 Å². The minimum absolute atomic E-state index is 0.0368. The first-order valence-electron chi connectivity index (χ1n) is 9.89. The lowest BCUT2D eigenvalue weighted by atomic mass is 9.73. The van der Waals surface area contributed by atoms with Crippen LogP contribution < -0.4 is 0 Å². The summed E-state index contributed by atoms with van der Waals surface area (Å²) in [4.78, 5) is 28.9. The lowest BCUT2D eigenvalue weighted by Gasteiger charge is -2.32. The van der Waals surface area contributed by atoms with Gasteiger partial charge in [0, 0.05) is 26.1 Å². The molecule has 3 aliphatic rings. The number of likely N-dealkylation sites (tertiary alicyclic amines) is 1. The van der Waals surface area contributed by atoms with E-state index in [0.717, 1.165) is 51.6 Å². The van der Waals surface area contributed by atoms with E-state index in [4.69, 9.17) is 0 Å². The lowest BCUT2D eigenvalue weighted by Crippen LogP contribution is -2.45. The van der Waals surface area contributed by atoms with Crippen LogP contribution in [-0.4, -0.2) is 52.5 Å². The van der Waals surface area contributed by atoms with Gasteiger partial charge in [0.15, 0.2) is 0 Å². The minimum Gasteiger partial charge on any atom is -0.390 e. The van der Waals surface area contributed by atoms with E-state index in [1.54, 1.807) is 0 Å². The average Bonchev–Trinajstić information content (AvgIpc) is 2.86. The molecule has 1 N–H and O–H groups in total. The molecule has 5 heteroatoms. The molecule has 1 aromatic rings. The zero-order valence-electron chi connectivity index (χ0n) is 15.3. The van der Waals surface area contributed by atoms with Crippen LogP contribution in [0.1, 0.15) is 49.7 Å². The van der Waals surface area contributed by atoms with Gasteiger partial charge in [-0.15, -0.1) is 0 Å². The van der Waals surface area contributed by atoms with Crippen molar-refractivity contribution in [3.8, 4) is 0 Å². The third-order valence-corrected chi connectivity index (χ3v) is 6.37. The van der Waals surface area contributed by atoms with E-state index in [1.165, 1.54) is 16.0 Å². The van der Waals surface area contributed by atoms with Crippen molar-refractivity contribution in [1.82, 2.24) is 9.80 Å². The number of aliphatic hydroxyl groups excluding tert-OH is 1. The highest BCUT2D eigenvalue weighted by Crippen LogP contribution is 2.45. The second kappa shape index (κ2) is 7.12. The maximum atomic E-state index is 12.9. The third kappa shape index (κ3) is 3.30. The predicted molar refractivity (Wildman–Crippen MR) is 98.3 cm³/mol. The number of fused-ring (bicyclic) bond motifs is 1. The summed E-state index contributed by atoms with van der Waals surface area (Å²) in [6, 6.07) is 8.40. The SMILES string of the molecule is O=C1CC2(CCCCC2)C(=O)N1C[C@H](O)CN1CCc2ccccc2C1. The molecule has 1 aliphatic carbocycles. The van der Waals surface area contributed by atoms with Crippen LogP contribution in [0.4, 0.5) is 0 Å². The molecule has 1 spiro atoms. The predicted octanol–water partition coefficient (Wildman–Crippen LogP) is 2.11. The Morgan fingerprint density at radius 2 is 1.77 bits per heavy atom. The zero-order chi connectivity index (χ0) is 18.1. The topological polar surface area (TPSA) is 60.9 Å². The number of amides is 2. The average molecular weight is 356 g/mol. The molecule has 0 unspecified atom stereocenters. The van der Waals surface area contributed by atoms with E-state index in [0.29, 0.717) is 13.0 Å². The zero-order valence-corrected chi connectivity index (χ0v) is 15.3. The van der Waals surface area contributed by atoms with Crippen LogP contribution in [0.3, 0.4) is 0 Å². The highest BCUT2D eigenvalue weighted by molar-refractivity contribution is 6.06. The summed E-state index contributed by atoms with van der Waals surface area (Å²) < 4.78 is 0. The van der Waals surface area contributed by atoms with E-state index in [9.17, 15) is 14.7 Å². The van der Waals surface area contributed by atoms with Crippen molar-refractivity contribution in [2.24, 2.45) is 5.41 Å². The highest BCUT2D eigenvalue weighted by Gasteiger charge is 2.51. The second-order valence-electron chi connectivity index (χ2n) is 8.23. The van der Waals surface area contributed by atoms with Crippen molar-refractivity contribution in [3.63, 3.8) is 0 Å². The Kier molecular flexibility index (Phi) is 4.84. The molecule has 2 amide bonds. The number of carbonyl (C=O) groups is 2. The Morgan fingerprint density at radius 3 is 2.54 bits per heavy atom. The minimum atomic E-state index is -0.688. The number of benzene rings is 1. The van der Waals surface area contributed by atoms with Crippen LogP contribution in [0, 0.1) is 5.41 Å². The fourth-order valence-electron chi connectivity index (χ4n) is 4.94. The first kappa shape index (κ1) is 17.7. The second-order valence-corrected chi connectivity index (χ2v) is 8.23. The fourth-order valence-corrected chi connectivity index (χ4v) is 4.94. The summed E-state index contributed by atoms with van der Waals surface area (Å²) in [6.07, 6.45) is 5.50. The Hall–Kier alpha value is -1.72. The van der Waals surface area contributed by atoms with Crippen molar-refractivity contribution >= 4 is 11.8 Å². The molecule has 26 heavy (non-hydrogen) atoms. The molecule has 1 saturated carbocycles. The standard InChI is InChI=1S/C21H28N2O3/c24-18(14-22-11-8-16-6-2-3-7-17(16)13-22)15-23-19(25)12-21(20(23)26)9-4-1-5-10-21/h2-3,6-7,18,24H,1,4-5,8-15H2/t18-/m1/s1. The summed E-state index contributed by atoms with van der Waals surface area (Å²) in [5.74, 6) is -0.134. The van der Waals surface area contributed by atoms with Crippen LogP contribution in [0.15, 0.2) is 24.3 Å². The van der Waals surface area contributed by atoms with Crippen molar-refractivity contribution < 1.29 is 14.7 Å². The van der Waals surface area contributed by atoms with E-state index in [2.05, 4.69) is 23.1 Å². The Balaban J connectivity index is 1.36. The smallest absolute Gasteiger partial charge is 0.235 e. The summed E-state index contributed by atoms with van der Waals surface area (Å²) in [7, 11) is 0. The Bertz CT molecular complexity index is 696. The number of imide groups is 1. The van der Waals surface area contributed by atoms with Gasteiger partial charge in [0.05, 0.1) is 18.1 Å². The van der Waals surface area contributed by atoms with Gasteiger partial charge < -0.3 is 5.11 Å². The molecule has 1 saturated heterocycles. The monoisotopic (exact) mass is 356 g/mol. The van der Waals surface area contributed by atoms with E-state index >= 15 is 0 Å². The molecule has 2 fully saturated rings. The molecule has 0 aromatic heterocycles. The third-order valence-electron chi connectivity index (χ3n) is 6.37. The molecule has 4 rings (SSSR count). The van der Waals surface area contributed by atoms with Crippen molar-refractivity contribution in [2.45, 2.75) is 57.6 Å². The maximum Gasteiger partial charge on any atom is 0.235 e. The summed E-state index contributed by atoms with van der Waals surface area (Å²) in [5.41, 5.74) is 2.22. The molecule has 1 atom stereocenters. The van der Waals surface area contributed by atoms with Gasteiger partial charge in [0.25, 0.3) is 0 Å². The molecule has 2 heterocycles. The number of aliphatic hydroxyl groups is 1. The van der Waals surface area contributed by atoms with Gasteiger partial charge >= 0.3 is 0 Å². The van der Waals surface area contributed by atoms with Gasteiger partial charge in [-0.2, -0.15) is 0 Å². The van der Waals surface area contributed by atoms with Crippen LogP contribution in [-0.2, 0) is 22.6 Å². The maximum absolute atomic E-state index is 12.9.